The molecule has 1 aromatic carbocycles. The van der Waals surface area contributed by atoms with Gasteiger partial charge in [0.05, 0.1) is 6.54 Å². The number of cyclic esters (lactones) is 1. The van der Waals surface area contributed by atoms with Crippen molar-refractivity contribution in [1.82, 2.24) is 4.90 Å². The molecule has 0 radical (unpaired) electrons. The predicted octanol–water partition coefficient (Wildman–Crippen LogP) is 3.47. The molecule has 1 amide bonds. The number of hydrogen-bond donors (Lipinski definition) is 0. The van der Waals surface area contributed by atoms with Crippen LogP contribution in [0.5, 0.6) is 0 Å². The summed E-state index contributed by atoms with van der Waals surface area (Å²) < 4.78 is 5.45. The summed E-state index contributed by atoms with van der Waals surface area (Å²) in [4.78, 5) is 13.6. The minimum absolute atomic E-state index is 0.0840. The Labute approximate surface area is 108 Å². The first-order valence-corrected chi connectivity index (χ1v) is 6.72. The molecule has 1 saturated carbocycles. The van der Waals surface area contributed by atoms with Gasteiger partial charge in [-0.15, -0.1) is 0 Å². The summed E-state index contributed by atoms with van der Waals surface area (Å²) in [7, 11) is 0. The lowest BCUT2D eigenvalue weighted by molar-refractivity contribution is 0.132. The molecule has 96 valence electrons. The van der Waals surface area contributed by atoms with Crippen LogP contribution >= 0.6 is 0 Å². The molecule has 3 nitrogen and oxygen atoms in total. The maximum atomic E-state index is 11.7. The van der Waals surface area contributed by atoms with Crippen LogP contribution in [0.15, 0.2) is 24.3 Å². The summed E-state index contributed by atoms with van der Waals surface area (Å²) in [5, 5.41) is 0. The van der Waals surface area contributed by atoms with Crippen molar-refractivity contribution < 1.29 is 9.53 Å². The average molecular weight is 245 g/mol. The van der Waals surface area contributed by atoms with Gasteiger partial charge in [-0.25, -0.2) is 4.79 Å². The van der Waals surface area contributed by atoms with E-state index in [0.29, 0.717) is 18.5 Å². The van der Waals surface area contributed by atoms with Gasteiger partial charge in [-0.05, 0) is 29.9 Å². The Morgan fingerprint density at radius 1 is 1.22 bits per heavy atom. The summed E-state index contributed by atoms with van der Waals surface area (Å²) in [6.07, 6.45) is 2.04. The van der Waals surface area contributed by atoms with E-state index in [1.165, 1.54) is 5.56 Å². The molecule has 0 spiro atoms. The summed E-state index contributed by atoms with van der Waals surface area (Å²) in [5.74, 6) is 0.535. The quantitative estimate of drug-likeness (QED) is 0.816. The maximum Gasteiger partial charge on any atom is 0.410 e. The minimum Gasteiger partial charge on any atom is -0.439 e. The summed E-state index contributed by atoms with van der Waals surface area (Å²) in [6, 6.07) is 8.88. The van der Waals surface area contributed by atoms with Gasteiger partial charge in [0.15, 0.2) is 0 Å². The van der Waals surface area contributed by atoms with Gasteiger partial charge in [0.2, 0.25) is 0 Å². The Morgan fingerprint density at radius 2 is 1.89 bits per heavy atom. The van der Waals surface area contributed by atoms with E-state index in [1.54, 1.807) is 0 Å². The number of carbonyl (C=O) groups is 1. The first kappa shape index (κ1) is 11.6. The average Bonchev–Trinajstić information content (AvgIpc) is 3.13. The molecule has 1 aromatic rings. The third kappa shape index (κ3) is 2.09. The highest BCUT2D eigenvalue weighted by molar-refractivity contribution is 5.71. The van der Waals surface area contributed by atoms with Crippen molar-refractivity contribution in [3.8, 4) is 0 Å². The molecule has 1 saturated heterocycles. The molecule has 0 N–H and O–H groups in total. The fourth-order valence-corrected chi connectivity index (χ4v) is 2.43. The lowest BCUT2D eigenvalue weighted by Gasteiger charge is -2.12. The normalized spacial score (nSPS) is 23.6. The number of hydrogen-bond acceptors (Lipinski definition) is 2. The maximum absolute atomic E-state index is 11.7. The van der Waals surface area contributed by atoms with E-state index in [1.807, 2.05) is 4.90 Å². The van der Waals surface area contributed by atoms with E-state index in [-0.39, 0.29) is 12.2 Å². The molecule has 1 aliphatic carbocycles. The highest BCUT2D eigenvalue weighted by Crippen LogP contribution is 2.35. The van der Waals surface area contributed by atoms with Crippen molar-refractivity contribution in [2.45, 2.75) is 44.8 Å². The van der Waals surface area contributed by atoms with Crippen molar-refractivity contribution in [3.63, 3.8) is 0 Å². The number of nitrogens with zero attached hydrogens (tertiary/aromatic N) is 1. The van der Waals surface area contributed by atoms with Gasteiger partial charge in [0, 0.05) is 6.04 Å². The standard InChI is InChI=1S/C15H19NO2/c1-10(2)11-3-5-12(6-4-11)14-9-16(13-7-8-13)15(17)18-14/h3-6,10,13-14H,7-9H2,1-2H3. The second-order valence-electron chi connectivity index (χ2n) is 5.58. The molecule has 1 atom stereocenters. The molecule has 2 fully saturated rings. The van der Waals surface area contributed by atoms with Crippen LogP contribution in [0.4, 0.5) is 4.79 Å². The van der Waals surface area contributed by atoms with Crippen LogP contribution in [-0.2, 0) is 4.74 Å². The summed E-state index contributed by atoms with van der Waals surface area (Å²) >= 11 is 0. The minimum atomic E-state index is -0.143. The number of rotatable bonds is 3. The van der Waals surface area contributed by atoms with Gasteiger partial charge in [0.25, 0.3) is 0 Å². The Kier molecular flexibility index (Phi) is 2.77. The van der Waals surface area contributed by atoms with E-state index in [9.17, 15) is 4.79 Å². The van der Waals surface area contributed by atoms with E-state index < -0.39 is 0 Å². The number of benzene rings is 1. The third-order valence-corrected chi connectivity index (χ3v) is 3.80. The number of amides is 1. The Balaban J connectivity index is 1.73. The molecular weight excluding hydrogens is 226 g/mol. The van der Waals surface area contributed by atoms with E-state index in [4.69, 9.17) is 4.74 Å². The Hall–Kier alpha value is -1.51. The fraction of sp³-hybridized carbons (Fsp3) is 0.533. The monoisotopic (exact) mass is 245 g/mol. The Morgan fingerprint density at radius 3 is 2.44 bits per heavy atom. The van der Waals surface area contributed by atoms with Gasteiger partial charge in [0.1, 0.15) is 6.10 Å². The zero-order chi connectivity index (χ0) is 12.7. The predicted molar refractivity (Wildman–Crippen MR) is 69.5 cm³/mol. The van der Waals surface area contributed by atoms with Gasteiger partial charge in [-0.3, -0.25) is 0 Å². The van der Waals surface area contributed by atoms with Crippen LogP contribution in [0.2, 0.25) is 0 Å². The van der Waals surface area contributed by atoms with Crippen molar-refractivity contribution in [2.24, 2.45) is 0 Å². The first-order valence-electron chi connectivity index (χ1n) is 6.72. The van der Waals surface area contributed by atoms with Crippen molar-refractivity contribution in [3.05, 3.63) is 35.4 Å². The summed E-state index contributed by atoms with van der Waals surface area (Å²) in [6.45, 7) is 5.07. The van der Waals surface area contributed by atoms with Crippen LogP contribution in [0.3, 0.4) is 0 Å². The Bertz CT molecular complexity index is 448. The topological polar surface area (TPSA) is 29.5 Å². The molecule has 0 bridgehead atoms. The number of carbonyl (C=O) groups excluding carboxylic acids is 1. The molecule has 18 heavy (non-hydrogen) atoms. The van der Waals surface area contributed by atoms with Gasteiger partial charge in [-0.2, -0.15) is 0 Å². The first-order chi connectivity index (χ1) is 8.65. The highest BCUT2D eigenvalue weighted by Gasteiger charge is 2.41. The summed E-state index contributed by atoms with van der Waals surface area (Å²) in [5.41, 5.74) is 2.43. The molecular formula is C15H19NO2. The third-order valence-electron chi connectivity index (χ3n) is 3.80. The van der Waals surface area contributed by atoms with Crippen LogP contribution in [-0.4, -0.2) is 23.6 Å². The molecule has 1 aliphatic heterocycles. The number of ether oxygens (including phenoxy) is 1. The van der Waals surface area contributed by atoms with E-state index in [0.717, 1.165) is 18.4 Å². The van der Waals surface area contributed by atoms with Gasteiger partial charge in [-0.1, -0.05) is 38.1 Å². The highest BCUT2D eigenvalue weighted by atomic mass is 16.6. The second-order valence-corrected chi connectivity index (χ2v) is 5.58. The molecule has 3 heteroatoms. The van der Waals surface area contributed by atoms with Crippen LogP contribution in [0.25, 0.3) is 0 Å². The molecule has 1 unspecified atom stereocenters. The zero-order valence-electron chi connectivity index (χ0n) is 10.9. The van der Waals surface area contributed by atoms with Crippen molar-refractivity contribution in [1.29, 1.82) is 0 Å². The molecule has 2 aliphatic rings. The lowest BCUT2D eigenvalue weighted by Crippen LogP contribution is -2.26. The SMILES string of the molecule is CC(C)c1ccc(C2CN(C3CC3)C(=O)O2)cc1. The molecule has 3 rings (SSSR count). The molecule has 1 heterocycles. The van der Waals surface area contributed by atoms with Gasteiger partial charge < -0.3 is 9.64 Å². The largest absolute Gasteiger partial charge is 0.439 e. The van der Waals surface area contributed by atoms with E-state index in [2.05, 4.69) is 38.1 Å². The second kappa shape index (κ2) is 4.30. The van der Waals surface area contributed by atoms with Crippen molar-refractivity contribution >= 4 is 6.09 Å². The van der Waals surface area contributed by atoms with Crippen LogP contribution in [0.1, 0.15) is 49.8 Å². The smallest absolute Gasteiger partial charge is 0.410 e. The lowest BCUT2D eigenvalue weighted by atomic mass is 10.00. The van der Waals surface area contributed by atoms with Crippen LogP contribution in [0, 0.1) is 0 Å². The van der Waals surface area contributed by atoms with Gasteiger partial charge >= 0.3 is 6.09 Å². The zero-order valence-corrected chi connectivity index (χ0v) is 10.9. The van der Waals surface area contributed by atoms with Crippen LogP contribution < -0.4 is 0 Å². The van der Waals surface area contributed by atoms with Crippen molar-refractivity contribution in [2.75, 3.05) is 6.54 Å². The molecule has 0 aromatic heterocycles. The fourth-order valence-electron chi connectivity index (χ4n) is 2.43. The van der Waals surface area contributed by atoms with E-state index >= 15 is 0 Å².